The number of phosphoric acid groups is 1. The van der Waals surface area contributed by atoms with Crippen molar-refractivity contribution in [2.45, 2.75) is 206 Å². The molecule has 3 N–H and O–H groups in total. The molecule has 0 aromatic rings. The Morgan fingerprint density at radius 3 is 1.53 bits per heavy atom. The van der Waals surface area contributed by atoms with Gasteiger partial charge in [-0.3, -0.25) is 18.6 Å². The number of rotatable bonds is 41. The Hall–Kier alpha value is -1.81. The number of hydrogen-bond donors (Lipinski definition) is 3. The van der Waals surface area contributed by atoms with Gasteiger partial charge in [0.15, 0.2) is 6.10 Å². The Bertz CT molecular complexity index is 1010. The van der Waals surface area contributed by atoms with Crippen LogP contribution >= 0.6 is 7.82 Å². The van der Waals surface area contributed by atoms with Gasteiger partial charge in [-0.15, -0.1) is 0 Å². The summed E-state index contributed by atoms with van der Waals surface area (Å²) in [7, 11) is -4.63. The monoisotopic (exact) mass is 801 g/mol. The van der Waals surface area contributed by atoms with Gasteiger partial charge in [0.25, 0.3) is 0 Å². The molecule has 0 radical (unpaired) electrons. The van der Waals surface area contributed by atoms with Crippen molar-refractivity contribution >= 4 is 19.8 Å². The molecule has 0 aliphatic rings. The number of allylic oxidation sites excluding steroid dienone is 6. The largest absolute Gasteiger partial charge is 0.472 e. The van der Waals surface area contributed by atoms with Crippen LogP contribution in [0.2, 0.25) is 0 Å². The molecule has 0 aliphatic heterocycles. The van der Waals surface area contributed by atoms with Crippen LogP contribution in [0.3, 0.4) is 0 Å². The van der Waals surface area contributed by atoms with Gasteiger partial charge in [-0.25, -0.2) is 4.57 Å². The first-order valence-electron chi connectivity index (χ1n) is 21.9. The second-order valence-electron chi connectivity index (χ2n) is 14.7. The molecule has 55 heavy (non-hydrogen) atoms. The molecule has 1 unspecified atom stereocenters. The lowest BCUT2D eigenvalue weighted by atomic mass is 10.1. The van der Waals surface area contributed by atoms with E-state index in [4.69, 9.17) is 19.1 Å². The second-order valence-corrected chi connectivity index (χ2v) is 16.2. The van der Waals surface area contributed by atoms with Gasteiger partial charge in [0.05, 0.1) is 19.8 Å². The lowest BCUT2D eigenvalue weighted by Gasteiger charge is -2.20. The lowest BCUT2D eigenvalue weighted by molar-refractivity contribution is -0.161. The molecule has 0 fully saturated rings. The average Bonchev–Trinajstić information content (AvgIpc) is 3.17. The first-order valence-corrected chi connectivity index (χ1v) is 23.4. The van der Waals surface area contributed by atoms with Gasteiger partial charge in [0.1, 0.15) is 12.7 Å². The van der Waals surface area contributed by atoms with E-state index in [0.29, 0.717) is 19.3 Å². The summed E-state index contributed by atoms with van der Waals surface area (Å²) in [5.41, 5.74) is 0. The maximum Gasteiger partial charge on any atom is 0.472 e. The fraction of sp³-hybridized carbons (Fsp3) is 0.818. The maximum atomic E-state index is 12.6. The molecule has 0 bridgehead atoms. The van der Waals surface area contributed by atoms with Crippen LogP contribution in [-0.2, 0) is 32.7 Å². The molecule has 0 aliphatic carbocycles. The minimum Gasteiger partial charge on any atom is -0.462 e. The molecule has 0 amide bonds. The van der Waals surface area contributed by atoms with Gasteiger partial charge in [0, 0.05) is 12.8 Å². The molecule has 0 heterocycles. The van der Waals surface area contributed by atoms with Crippen LogP contribution in [0.15, 0.2) is 36.5 Å². The van der Waals surface area contributed by atoms with Crippen LogP contribution < -0.4 is 0 Å². The molecule has 3 atom stereocenters. The summed E-state index contributed by atoms with van der Waals surface area (Å²) in [5, 5.41) is 18.3. The molecule has 0 rings (SSSR count). The fourth-order valence-corrected chi connectivity index (χ4v) is 6.63. The molecule has 0 spiro atoms. The van der Waals surface area contributed by atoms with Crippen LogP contribution in [0.5, 0.6) is 0 Å². The van der Waals surface area contributed by atoms with Crippen molar-refractivity contribution in [1.29, 1.82) is 0 Å². The van der Waals surface area contributed by atoms with E-state index in [-0.39, 0.29) is 19.4 Å². The number of esters is 2. The van der Waals surface area contributed by atoms with Gasteiger partial charge >= 0.3 is 19.8 Å². The normalized spacial score (nSPS) is 14.2. The molecular formula is C44H81O10P. The van der Waals surface area contributed by atoms with Crippen molar-refractivity contribution in [3.8, 4) is 0 Å². The Kier molecular flexibility index (Phi) is 39.1. The highest BCUT2D eigenvalue weighted by Gasteiger charge is 2.27. The highest BCUT2D eigenvalue weighted by atomic mass is 31.2. The van der Waals surface area contributed by atoms with Crippen molar-refractivity contribution in [2.24, 2.45) is 0 Å². The highest BCUT2D eigenvalue weighted by molar-refractivity contribution is 7.47. The zero-order valence-electron chi connectivity index (χ0n) is 34.9. The third kappa shape index (κ3) is 40.2. The zero-order valence-corrected chi connectivity index (χ0v) is 35.8. The van der Waals surface area contributed by atoms with Gasteiger partial charge < -0.3 is 24.6 Å². The SMILES string of the molecule is CCCC/C=C/CCCCCCCCCCCC(=O)OC[C@H](COP(=O)(O)OC[C@@H](O)CO)OC(=O)CCC/C=C/C/C=C/CCCCCCCCCCC. The van der Waals surface area contributed by atoms with E-state index >= 15 is 0 Å². The molecular weight excluding hydrogens is 719 g/mol. The first kappa shape index (κ1) is 53.2. The summed E-state index contributed by atoms with van der Waals surface area (Å²) in [6.07, 6.45) is 41.2. The number of aliphatic hydroxyl groups is 2. The molecule has 322 valence electrons. The van der Waals surface area contributed by atoms with E-state index in [1.807, 2.05) is 6.08 Å². The number of carbonyl (C=O) groups is 2. The summed E-state index contributed by atoms with van der Waals surface area (Å²) in [5.74, 6) is -0.978. The number of unbranched alkanes of at least 4 members (excludes halogenated alkanes) is 21. The molecule has 0 aromatic heterocycles. The van der Waals surface area contributed by atoms with E-state index in [1.165, 1.54) is 116 Å². The third-order valence-electron chi connectivity index (χ3n) is 9.27. The minimum atomic E-state index is -4.63. The fourth-order valence-electron chi connectivity index (χ4n) is 5.84. The Morgan fingerprint density at radius 1 is 0.545 bits per heavy atom. The molecule has 0 aromatic carbocycles. The quantitative estimate of drug-likeness (QED) is 0.0236. The summed E-state index contributed by atoms with van der Waals surface area (Å²) in [6.45, 7) is 2.31. The van der Waals surface area contributed by atoms with Crippen molar-refractivity contribution in [1.82, 2.24) is 0 Å². The average molecular weight is 801 g/mol. The summed E-state index contributed by atoms with van der Waals surface area (Å²) in [6, 6.07) is 0. The van der Waals surface area contributed by atoms with Crippen LogP contribution in [0.25, 0.3) is 0 Å². The maximum absolute atomic E-state index is 12.6. The van der Waals surface area contributed by atoms with E-state index < -0.39 is 51.8 Å². The number of hydrogen-bond acceptors (Lipinski definition) is 9. The summed E-state index contributed by atoms with van der Waals surface area (Å²) in [4.78, 5) is 35.0. The first-order chi connectivity index (χ1) is 26.7. The van der Waals surface area contributed by atoms with Crippen molar-refractivity contribution in [2.75, 3.05) is 26.4 Å². The van der Waals surface area contributed by atoms with Crippen LogP contribution in [0.1, 0.15) is 194 Å². The van der Waals surface area contributed by atoms with Crippen molar-refractivity contribution in [3.05, 3.63) is 36.5 Å². The number of aliphatic hydroxyl groups excluding tert-OH is 2. The van der Waals surface area contributed by atoms with E-state index in [2.05, 4.69) is 48.8 Å². The predicted molar refractivity (Wildman–Crippen MR) is 224 cm³/mol. The predicted octanol–water partition coefficient (Wildman–Crippen LogP) is 11.6. The van der Waals surface area contributed by atoms with Gasteiger partial charge in [-0.05, 0) is 57.8 Å². The number of ether oxygens (including phenoxy) is 2. The number of carbonyl (C=O) groups excluding carboxylic acids is 2. The van der Waals surface area contributed by atoms with E-state index in [9.17, 15) is 24.2 Å². The van der Waals surface area contributed by atoms with Gasteiger partial charge in [0.2, 0.25) is 0 Å². The molecule has 11 heteroatoms. The molecule has 0 saturated carbocycles. The highest BCUT2D eigenvalue weighted by Crippen LogP contribution is 2.43. The second kappa shape index (κ2) is 40.4. The van der Waals surface area contributed by atoms with E-state index in [1.54, 1.807) is 0 Å². The van der Waals surface area contributed by atoms with Crippen LogP contribution in [0.4, 0.5) is 0 Å². The van der Waals surface area contributed by atoms with E-state index in [0.717, 1.165) is 32.1 Å². The van der Waals surface area contributed by atoms with Crippen molar-refractivity contribution < 1.29 is 47.8 Å². The van der Waals surface area contributed by atoms with Crippen LogP contribution in [-0.4, -0.2) is 65.7 Å². The Balaban J connectivity index is 4.35. The third-order valence-corrected chi connectivity index (χ3v) is 10.2. The molecule has 0 saturated heterocycles. The van der Waals surface area contributed by atoms with Gasteiger partial charge in [-0.1, -0.05) is 159 Å². The summed E-state index contributed by atoms with van der Waals surface area (Å²) < 4.78 is 32.7. The topological polar surface area (TPSA) is 149 Å². The molecule has 10 nitrogen and oxygen atoms in total. The zero-order chi connectivity index (χ0) is 40.5. The Morgan fingerprint density at radius 2 is 0.982 bits per heavy atom. The number of phosphoric ester groups is 1. The van der Waals surface area contributed by atoms with Crippen LogP contribution in [0, 0.1) is 0 Å². The standard InChI is InChI=1S/C44H81O10P/c1-3-5-7-9-11-13-15-17-19-20-22-24-26-28-30-32-34-36-44(48)54-42(40-53-55(49,50)52-38-41(46)37-45)39-51-43(47)35-33-31-29-27-25-23-21-18-16-14-12-10-8-6-4-2/h10,12,22,24,28,30,41-42,45-46H,3-9,11,13-21,23,25-27,29,31-40H2,1-2H3,(H,49,50)/b12-10+,24-22+,30-28+/t41-,42+/m0/s1. The summed E-state index contributed by atoms with van der Waals surface area (Å²) >= 11 is 0. The van der Waals surface area contributed by atoms with Gasteiger partial charge in [-0.2, -0.15) is 0 Å². The minimum absolute atomic E-state index is 0.121. The Labute approximate surface area is 335 Å². The van der Waals surface area contributed by atoms with Crippen molar-refractivity contribution in [3.63, 3.8) is 0 Å². The smallest absolute Gasteiger partial charge is 0.462 e. The lowest BCUT2D eigenvalue weighted by Crippen LogP contribution is -2.29.